The molecule has 0 unspecified atom stereocenters. The molecule has 0 fully saturated rings. The maximum Gasteiger partial charge on any atom is 0.303 e. The van der Waals surface area contributed by atoms with Gasteiger partial charge in [0, 0.05) is 6.42 Å². The smallest absolute Gasteiger partial charge is 0.303 e. The molecular weight excluding hydrogens is 164 g/mol. The third-order valence-corrected chi connectivity index (χ3v) is 2.45. The molecule has 0 spiro atoms. The van der Waals surface area contributed by atoms with Gasteiger partial charge in [0.2, 0.25) is 0 Å². The Balaban J connectivity index is 3.56. The van der Waals surface area contributed by atoms with E-state index in [1.54, 1.807) is 0 Å². The van der Waals surface area contributed by atoms with E-state index in [1.165, 1.54) is 19.3 Å². The second-order valence-corrected chi connectivity index (χ2v) is 4.52. The van der Waals surface area contributed by atoms with Crippen LogP contribution in [0.1, 0.15) is 59.3 Å². The number of carboxylic acids is 1. The fourth-order valence-corrected chi connectivity index (χ4v) is 1.50. The average molecular weight is 186 g/mol. The molecule has 0 atom stereocenters. The third kappa shape index (κ3) is 7.82. The summed E-state index contributed by atoms with van der Waals surface area (Å²) in [6.07, 6.45) is 5.84. The van der Waals surface area contributed by atoms with Gasteiger partial charge in [0.05, 0.1) is 0 Å². The lowest BCUT2D eigenvalue weighted by molar-refractivity contribution is -0.137. The van der Waals surface area contributed by atoms with Crippen LogP contribution in [-0.2, 0) is 4.79 Å². The zero-order valence-corrected chi connectivity index (χ0v) is 9.10. The summed E-state index contributed by atoms with van der Waals surface area (Å²) in [5.41, 5.74) is 0.325. The Morgan fingerprint density at radius 1 is 1.23 bits per heavy atom. The molecule has 1 N–H and O–H groups in total. The zero-order chi connectivity index (χ0) is 10.3. The van der Waals surface area contributed by atoms with E-state index in [0.717, 1.165) is 12.8 Å². The number of carboxylic acid groups (broad SMARTS) is 1. The Bertz CT molecular complexity index is 150. The highest BCUT2D eigenvalue weighted by molar-refractivity contribution is 5.66. The molecule has 0 radical (unpaired) electrons. The summed E-state index contributed by atoms with van der Waals surface area (Å²) < 4.78 is 0. The molecule has 0 bridgehead atoms. The molecule has 0 aromatic rings. The fourth-order valence-electron chi connectivity index (χ4n) is 1.50. The highest BCUT2D eigenvalue weighted by Gasteiger charge is 2.16. The molecule has 0 rings (SSSR count). The molecule has 13 heavy (non-hydrogen) atoms. The van der Waals surface area contributed by atoms with Crippen LogP contribution in [0.25, 0.3) is 0 Å². The molecule has 0 saturated carbocycles. The summed E-state index contributed by atoms with van der Waals surface area (Å²) in [6, 6.07) is 0. The van der Waals surface area contributed by atoms with Crippen LogP contribution >= 0.6 is 0 Å². The molecule has 0 aromatic heterocycles. The number of hydrogen-bond acceptors (Lipinski definition) is 1. The first kappa shape index (κ1) is 12.5. The van der Waals surface area contributed by atoms with Gasteiger partial charge >= 0.3 is 5.97 Å². The van der Waals surface area contributed by atoms with Crippen LogP contribution in [0.3, 0.4) is 0 Å². The first-order valence-corrected chi connectivity index (χ1v) is 5.20. The SMILES string of the molecule is CCCCC(C)(C)CCCC(=O)O. The van der Waals surface area contributed by atoms with E-state index < -0.39 is 5.97 Å². The average Bonchev–Trinajstić information content (AvgIpc) is 2.00. The fraction of sp³-hybridized carbons (Fsp3) is 0.909. The predicted octanol–water partition coefficient (Wildman–Crippen LogP) is 3.46. The van der Waals surface area contributed by atoms with Crippen molar-refractivity contribution in [3.8, 4) is 0 Å². The Morgan fingerprint density at radius 3 is 2.23 bits per heavy atom. The molecule has 2 heteroatoms. The Hall–Kier alpha value is -0.530. The van der Waals surface area contributed by atoms with Crippen molar-refractivity contribution >= 4 is 5.97 Å². The normalized spacial score (nSPS) is 11.6. The number of hydrogen-bond donors (Lipinski definition) is 1. The Morgan fingerprint density at radius 2 is 1.77 bits per heavy atom. The molecule has 78 valence electrons. The van der Waals surface area contributed by atoms with E-state index in [9.17, 15) is 4.79 Å². The van der Waals surface area contributed by atoms with Gasteiger partial charge in [-0.1, -0.05) is 33.6 Å². The van der Waals surface area contributed by atoms with E-state index in [-0.39, 0.29) is 0 Å². The van der Waals surface area contributed by atoms with Crippen LogP contribution in [0.4, 0.5) is 0 Å². The molecule has 0 heterocycles. The summed E-state index contributed by atoms with van der Waals surface area (Å²) in [5.74, 6) is -0.675. The molecule has 0 aliphatic heterocycles. The minimum Gasteiger partial charge on any atom is -0.481 e. The van der Waals surface area contributed by atoms with Gasteiger partial charge in [-0.15, -0.1) is 0 Å². The van der Waals surface area contributed by atoms with Gasteiger partial charge in [-0.25, -0.2) is 0 Å². The first-order valence-electron chi connectivity index (χ1n) is 5.20. The van der Waals surface area contributed by atoms with E-state index in [4.69, 9.17) is 5.11 Å². The molecule has 2 nitrogen and oxygen atoms in total. The van der Waals surface area contributed by atoms with Gasteiger partial charge in [-0.05, 0) is 24.7 Å². The maximum absolute atomic E-state index is 10.3. The molecule has 0 amide bonds. The minimum absolute atomic E-state index is 0.315. The summed E-state index contributed by atoms with van der Waals surface area (Å²) >= 11 is 0. The molecule has 0 aromatic carbocycles. The topological polar surface area (TPSA) is 37.3 Å². The number of carbonyl (C=O) groups is 1. The summed E-state index contributed by atoms with van der Waals surface area (Å²) in [5, 5.41) is 8.49. The largest absolute Gasteiger partial charge is 0.481 e. The monoisotopic (exact) mass is 186 g/mol. The van der Waals surface area contributed by atoms with Gasteiger partial charge in [-0.3, -0.25) is 4.79 Å². The van der Waals surface area contributed by atoms with Crippen molar-refractivity contribution in [1.29, 1.82) is 0 Å². The van der Waals surface area contributed by atoms with Gasteiger partial charge in [0.25, 0.3) is 0 Å². The lowest BCUT2D eigenvalue weighted by atomic mass is 9.82. The van der Waals surface area contributed by atoms with Crippen molar-refractivity contribution in [3.63, 3.8) is 0 Å². The van der Waals surface area contributed by atoms with Gasteiger partial charge in [-0.2, -0.15) is 0 Å². The van der Waals surface area contributed by atoms with Crippen molar-refractivity contribution in [2.24, 2.45) is 5.41 Å². The Kier molecular flexibility index (Phi) is 5.76. The van der Waals surface area contributed by atoms with Crippen LogP contribution in [-0.4, -0.2) is 11.1 Å². The van der Waals surface area contributed by atoms with Gasteiger partial charge in [0.1, 0.15) is 0 Å². The molecule has 0 aliphatic rings. The quantitative estimate of drug-likeness (QED) is 0.661. The second-order valence-electron chi connectivity index (χ2n) is 4.52. The van der Waals surface area contributed by atoms with E-state index in [0.29, 0.717) is 11.8 Å². The lowest BCUT2D eigenvalue weighted by Crippen LogP contribution is -2.11. The van der Waals surface area contributed by atoms with E-state index >= 15 is 0 Å². The summed E-state index contributed by atoms with van der Waals surface area (Å²) in [4.78, 5) is 10.3. The van der Waals surface area contributed by atoms with Crippen molar-refractivity contribution in [3.05, 3.63) is 0 Å². The van der Waals surface area contributed by atoms with Crippen LogP contribution in [0.15, 0.2) is 0 Å². The van der Waals surface area contributed by atoms with Crippen LogP contribution in [0, 0.1) is 5.41 Å². The standard InChI is InChI=1S/C11H22O2/c1-4-5-8-11(2,3)9-6-7-10(12)13/h4-9H2,1-3H3,(H,12,13). The molecular formula is C11H22O2. The minimum atomic E-state index is -0.675. The maximum atomic E-state index is 10.3. The van der Waals surface area contributed by atoms with Crippen molar-refractivity contribution < 1.29 is 9.90 Å². The van der Waals surface area contributed by atoms with Crippen LogP contribution in [0.2, 0.25) is 0 Å². The van der Waals surface area contributed by atoms with E-state index in [1.807, 2.05) is 0 Å². The summed E-state index contributed by atoms with van der Waals surface area (Å²) in [7, 11) is 0. The van der Waals surface area contributed by atoms with Crippen LogP contribution < -0.4 is 0 Å². The highest BCUT2D eigenvalue weighted by atomic mass is 16.4. The molecule has 0 aliphatic carbocycles. The Labute approximate surface area is 81.3 Å². The lowest BCUT2D eigenvalue weighted by Gasteiger charge is -2.23. The second kappa shape index (κ2) is 6.01. The highest BCUT2D eigenvalue weighted by Crippen LogP contribution is 2.29. The first-order chi connectivity index (χ1) is 5.98. The zero-order valence-electron chi connectivity index (χ0n) is 9.10. The van der Waals surface area contributed by atoms with Gasteiger partial charge < -0.3 is 5.11 Å². The molecule has 0 saturated heterocycles. The van der Waals surface area contributed by atoms with Gasteiger partial charge in [0.15, 0.2) is 0 Å². The van der Waals surface area contributed by atoms with Crippen LogP contribution in [0.5, 0.6) is 0 Å². The number of aliphatic carboxylic acids is 1. The number of unbranched alkanes of at least 4 members (excludes halogenated alkanes) is 1. The van der Waals surface area contributed by atoms with Crippen molar-refractivity contribution in [2.75, 3.05) is 0 Å². The summed E-state index contributed by atoms with van der Waals surface area (Å²) in [6.45, 7) is 6.64. The predicted molar refractivity (Wildman–Crippen MR) is 54.8 cm³/mol. The van der Waals surface area contributed by atoms with Crippen molar-refractivity contribution in [2.45, 2.75) is 59.3 Å². The third-order valence-electron chi connectivity index (χ3n) is 2.45. The van der Waals surface area contributed by atoms with Crippen molar-refractivity contribution in [1.82, 2.24) is 0 Å². The number of rotatable bonds is 7. The van der Waals surface area contributed by atoms with E-state index in [2.05, 4.69) is 20.8 Å².